The highest BCUT2D eigenvalue weighted by Crippen LogP contribution is 2.09. The van der Waals surface area contributed by atoms with Crippen LogP contribution in [0.4, 0.5) is 0 Å². The predicted molar refractivity (Wildman–Crippen MR) is 82.7 cm³/mol. The Morgan fingerprint density at radius 3 is 3.00 bits per heavy atom. The first-order valence-corrected chi connectivity index (χ1v) is 8.13. The van der Waals surface area contributed by atoms with Gasteiger partial charge in [0.05, 0.1) is 19.3 Å². The molecule has 4 N–H and O–H groups in total. The Bertz CT molecular complexity index is 623. The van der Waals surface area contributed by atoms with Crippen LogP contribution in [0, 0.1) is 0 Å². The Hall–Kier alpha value is -2.55. The molecule has 1 aromatic rings. The Balaban J connectivity index is 1.70. The van der Waals surface area contributed by atoms with Gasteiger partial charge in [0, 0.05) is 18.9 Å². The van der Waals surface area contributed by atoms with Gasteiger partial charge in [-0.25, -0.2) is 4.98 Å². The lowest BCUT2D eigenvalue weighted by atomic mass is 10.1. The molecule has 2 saturated heterocycles. The number of piperazine rings is 1. The smallest absolute Gasteiger partial charge is 0.275 e. The van der Waals surface area contributed by atoms with E-state index in [1.54, 1.807) is 0 Å². The molecule has 9 nitrogen and oxygen atoms in total. The van der Waals surface area contributed by atoms with Gasteiger partial charge in [-0.3, -0.25) is 19.4 Å². The maximum absolute atomic E-state index is 12.6. The van der Waals surface area contributed by atoms with Crippen molar-refractivity contribution in [2.45, 2.75) is 24.9 Å². The van der Waals surface area contributed by atoms with Gasteiger partial charge in [0.15, 0.2) is 6.04 Å². The zero-order valence-electron chi connectivity index (χ0n) is 13.3. The third kappa shape index (κ3) is 3.51. The first-order chi connectivity index (χ1) is 11.7. The van der Waals surface area contributed by atoms with Gasteiger partial charge in [-0.15, -0.1) is 0 Å². The Morgan fingerprint density at radius 1 is 1.38 bits per heavy atom. The van der Waals surface area contributed by atoms with Crippen LogP contribution in [0.2, 0.25) is 0 Å². The monoisotopic (exact) mass is 333 g/mol. The van der Waals surface area contributed by atoms with Gasteiger partial charge in [0.2, 0.25) is 11.8 Å². The normalized spacial score (nSPS) is 24.2. The van der Waals surface area contributed by atoms with Gasteiger partial charge < -0.3 is 20.9 Å². The highest BCUT2D eigenvalue weighted by molar-refractivity contribution is 5.97. The number of piperidine rings is 1. The quantitative estimate of drug-likeness (QED) is 0.554. The van der Waals surface area contributed by atoms with Gasteiger partial charge in [0.25, 0.3) is 5.91 Å². The molecule has 0 aromatic carbocycles. The summed E-state index contributed by atoms with van der Waals surface area (Å²) in [5.74, 6) is -0.782. The van der Waals surface area contributed by atoms with Crippen LogP contribution in [0.3, 0.4) is 0 Å². The SMILES string of the molecule is O=C1NCCC[C@@H]1NC(=O)[C@@H]1C[NH2+]CCN1C(=O)c1cnccn1. The van der Waals surface area contributed by atoms with E-state index in [9.17, 15) is 14.4 Å². The highest BCUT2D eigenvalue weighted by Gasteiger charge is 2.37. The molecule has 24 heavy (non-hydrogen) atoms. The van der Waals surface area contributed by atoms with Crippen molar-refractivity contribution in [2.24, 2.45) is 0 Å². The van der Waals surface area contributed by atoms with Crippen LogP contribution in [-0.4, -0.2) is 70.9 Å². The second-order valence-corrected chi connectivity index (χ2v) is 5.91. The van der Waals surface area contributed by atoms with Crippen LogP contribution >= 0.6 is 0 Å². The van der Waals surface area contributed by atoms with Crippen LogP contribution in [0.25, 0.3) is 0 Å². The minimum absolute atomic E-state index is 0.166. The number of rotatable bonds is 3. The van der Waals surface area contributed by atoms with E-state index in [0.717, 1.165) is 13.0 Å². The number of carbonyl (C=O) groups is 3. The van der Waals surface area contributed by atoms with E-state index in [-0.39, 0.29) is 23.4 Å². The van der Waals surface area contributed by atoms with E-state index in [4.69, 9.17) is 0 Å². The lowest BCUT2D eigenvalue weighted by molar-refractivity contribution is -0.665. The zero-order valence-corrected chi connectivity index (χ0v) is 13.3. The summed E-state index contributed by atoms with van der Waals surface area (Å²) in [4.78, 5) is 46.5. The van der Waals surface area contributed by atoms with Crippen molar-refractivity contribution in [3.63, 3.8) is 0 Å². The maximum atomic E-state index is 12.6. The lowest BCUT2D eigenvalue weighted by Gasteiger charge is -2.34. The lowest BCUT2D eigenvalue weighted by Crippen LogP contribution is -2.93. The summed E-state index contributed by atoms with van der Waals surface area (Å²) in [6, 6.07) is -1.15. The van der Waals surface area contributed by atoms with E-state index in [1.807, 2.05) is 5.32 Å². The van der Waals surface area contributed by atoms with E-state index >= 15 is 0 Å². The van der Waals surface area contributed by atoms with Crippen molar-refractivity contribution in [1.29, 1.82) is 0 Å². The van der Waals surface area contributed by atoms with E-state index < -0.39 is 12.1 Å². The molecule has 3 heterocycles. The van der Waals surface area contributed by atoms with Gasteiger partial charge in [-0.1, -0.05) is 0 Å². The fraction of sp³-hybridized carbons (Fsp3) is 0.533. The van der Waals surface area contributed by atoms with Crippen LogP contribution in [-0.2, 0) is 9.59 Å². The standard InChI is InChI=1S/C15H20N6O3/c22-13-10(2-1-3-19-13)20-14(23)12-9-17-6-7-21(12)15(24)11-8-16-4-5-18-11/h4-5,8,10,12,17H,1-3,6-7,9H2,(H,19,22)(H,20,23)/p+1/t10-,12-/m0/s1. The Morgan fingerprint density at radius 2 is 2.25 bits per heavy atom. The molecule has 0 saturated carbocycles. The molecule has 0 unspecified atom stereocenters. The number of carbonyl (C=O) groups excluding carboxylic acids is 3. The molecule has 0 bridgehead atoms. The number of hydrogen-bond acceptors (Lipinski definition) is 5. The maximum Gasteiger partial charge on any atom is 0.275 e. The van der Waals surface area contributed by atoms with Gasteiger partial charge >= 0.3 is 0 Å². The molecule has 0 spiro atoms. The van der Waals surface area contributed by atoms with Gasteiger partial charge in [-0.2, -0.15) is 0 Å². The average Bonchev–Trinajstić information content (AvgIpc) is 2.63. The fourth-order valence-corrected chi connectivity index (χ4v) is 3.02. The second-order valence-electron chi connectivity index (χ2n) is 5.91. The summed E-state index contributed by atoms with van der Waals surface area (Å²) >= 11 is 0. The summed E-state index contributed by atoms with van der Waals surface area (Å²) in [6.07, 6.45) is 5.78. The summed E-state index contributed by atoms with van der Waals surface area (Å²) in [5, 5.41) is 7.51. The molecule has 9 heteroatoms. The van der Waals surface area contributed by atoms with Crippen LogP contribution < -0.4 is 16.0 Å². The topological polar surface area (TPSA) is 121 Å². The van der Waals surface area contributed by atoms with Crippen molar-refractivity contribution in [2.75, 3.05) is 26.2 Å². The molecule has 2 aliphatic heterocycles. The van der Waals surface area contributed by atoms with Crippen molar-refractivity contribution >= 4 is 17.7 Å². The first-order valence-electron chi connectivity index (χ1n) is 8.13. The van der Waals surface area contributed by atoms with E-state index in [2.05, 4.69) is 20.6 Å². The summed E-state index contributed by atoms with van der Waals surface area (Å²) in [7, 11) is 0. The molecule has 1 aromatic heterocycles. The van der Waals surface area contributed by atoms with Crippen LogP contribution in [0.15, 0.2) is 18.6 Å². The van der Waals surface area contributed by atoms with Crippen molar-refractivity contribution in [3.8, 4) is 0 Å². The number of nitrogens with zero attached hydrogens (tertiary/aromatic N) is 3. The van der Waals surface area contributed by atoms with Gasteiger partial charge in [-0.05, 0) is 12.8 Å². The van der Waals surface area contributed by atoms with E-state index in [1.165, 1.54) is 23.5 Å². The molecule has 2 aliphatic rings. The van der Waals surface area contributed by atoms with Crippen LogP contribution in [0.5, 0.6) is 0 Å². The number of aromatic nitrogens is 2. The summed E-state index contributed by atoms with van der Waals surface area (Å²) in [6.45, 7) is 2.27. The molecule has 0 aliphatic carbocycles. The number of amides is 3. The van der Waals surface area contributed by atoms with Gasteiger partial charge in [0.1, 0.15) is 18.3 Å². The zero-order chi connectivity index (χ0) is 16.9. The molecule has 0 radical (unpaired) electrons. The third-order valence-corrected chi connectivity index (χ3v) is 4.29. The molecule has 2 atom stereocenters. The molecule has 2 fully saturated rings. The van der Waals surface area contributed by atoms with Crippen molar-refractivity contribution in [3.05, 3.63) is 24.3 Å². The highest BCUT2D eigenvalue weighted by atomic mass is 16.2. The number of quaternary nitrogens is 1. The molecule has 3 amide bonds. The molecule has 3 rings (SSSR count). The van der Waals surface area contributed by atoms with Crippen LogP contribution in [0.1, 0.15) is 23.3 Å². The van der Waals surface area contributed by atoms with Crippen molar-refractivity contribution in [1.82, 2.24) is 25.5 Å². The summed E-state index contributed by atoms with van der Waals surface area (Å²) in [5.41, 5.74) is 0.215. The number of nitrogens with one attached hydrogen (secondary N) is 2. The average molecular weight is 333 g/mol. The number of hydrogen-bond donors (Lipinski definition) is 3. The largest absolute Gasteiger partial charge is 0.354 e. The van der Waals surface area contributed by atoms with E-state index in [0.29, 0.717) is 26.1 Å². The molecule has 128 valence electrons. The fourth-order valence-electron chi connectivity index (χ4n) is 3.02. The predicted octanol–water partition coefficient (Wildman–Crippen LogP) is -2.74. The molecular formula is C15H21N6O3+. The van der Waals surface area contributed by atoms with Crippen molar-refractivity contribution < 1.29 is 19.7 Å². The first kappa shape index (κ1) is 16.3. The molecular weight excluding hydrogens is 312 g/mol. The third-order valence-electron chi connectivity index (χ3n) is 4.29. The Kier molecular flexibility index (Phi) is 4.99. The number of nitrogens with two attached hydrogens (primary N) is 1. The minimum Gasteiger partial charge on any atom is -0.354 e. The minimum atomic E-state index is -0.622. The Labute approximate surface area is 139 Å². The second kappa shape index (κ2) is 7.35. The summed E-state index contributed by atoms with van der Waals surface area (Å²) < 4.78 is 0.